The Balaban J connectivity index is 1.69. The Kier molecular flexibility index (Phi) is 6.97. The summed E-state index contributed by atoms with van der Waals surface area (Å²) < 4.78 is 53.0. The molecule has 0 fully saturated rings. The topological polar surface area (TPSA) is 102 Å². The van der Waals surface area contributed by atoms with E-state index in [0.717, 1.165) is 12.1 Å². The first-order chi connectivity index (χ1) is 15.6. The molecule has 0 aliphatic heterocycles. The molecule has 33 heavy (non-hydrogen) atoms. The van der Waals surface area contributed by atoms with Crippen molar-refractivity contribution in [3.05, 3.63) is 77.4 Å². The molecule has 12 heteroatoms. The van der Waals surface area contributed by atoms with Crippen molar-refractivity contribution in [1.82, 2.24) is 20.4 Å². The lowest BCUT2D eigenvalue weighted by molar-refractivity contribution is -0.139. The fourth-order valence-electron chi connectivity index (χ4n) is 3.04. The van der Waals surface area contributed by atoms with Crippen LogP contribution in [0.15, 0.2) is 54.9 Å². The molecule has 8 nitrogen and oxygen atoms in total. The highest BCUT2D eigenvalue weighted by molar-refractivity contribution is 6.00. The molecule has 1 unspecified atom stereocenters. The predicted octanol–water partition coefficient (Wildman–Crippen LogP) is 4.20. The van der Waals surface area contributed by atoms with Crippen LogP contribution < -0.4 is 16.0 Å². The molecule has 2 aromatic carbocycles. The third-order valence-corrected chi connectivity index (χ3v) is 4.57. The molecular weight excluding hydrogens is 444 g/mol. The van der Waals surface area contributed by atoms with Gasteiger partial charge in [-0.3, -0.25) is 14.8 Å². The Morgan fingerprint density at radius 3 is 2.33 bits per heavy atom. The molecular formula is C21H20F4N6O2. The molecule has 1 aromatic heterocycles. The molecule has 174 valence electrons. The molecule has 3 rings (SSSR count). The van der Waals surface area contributed by atoms with Crippen LogP contribution >= 0.6 is 0 Å². The van der Waals surface area contributed by atoms with E-state index in [1.165, 1.54) is 24.5 Å². The number of aromatic nitrogens is 2. The highest BCUT2D eigenvalue weighted by Gasteiger charge is 2.37. The van der Waals surface area contributed by atoms with Crippen LogP contribution in [0, 0.1) is 5.82 Å². The van der Waals surface area contributed by atoms with Gasteiger partial charge < -0.3 is 16.0 Å². The average molecular weight is 464 g/mol. The Morgan fingerprint density at radius 2 is 1.76 bits per heavy atom. The summed E-state index contributed by atoms with van der Waals surface area (Å²) in [6.07, 6.45) is -2.64. The fraction of sp³-hybridized carbons (Fsp3) is 0.190. The van der Waals surface area contributed by atoms with Gasteiger partial charge in [-0.25, -0.2) is 9.18 Å². The molecule has 0 saturated heterocycles. The lowest BCUT2D eigenvalue weighted by Crippen LogP contribution is -2.37. The molecule has 0 aliphatic carbocycles. The Labute approximate surface area is 186 Å². The number of anilines is 2. The first kappa shape index (κ1) is 23.7. The van der Waals surface area contributed by atoms with Gasteiger partial charge in [0, 0.05) is 11.9 Å². The maximum absolute atomic E-state index is 13.7. The van der Waals surface area contributed by atoms with Crippen LogP contribution in [0.3, 0.4) is 0 Å². The van der Waals surface area contributed by atoms with Crippen molar-refractivity contribution in [2.45, 2.75) is 12.3 Å². The zero-order chi connectivity index (χ0) is 24.2. The van der Waals surface area contributed by atoms with Crippen LogP contribution in [0.25, 0.3) is 0 Å². The van der Waals surface area contributed by atoms with Gasteiger partial charge in [0.15, 0.2) is 0 Å². The number of H-pyrrole nitrogens is 1. The van der Waals surface area contributed by atoms with Crippen LogP contribution in [0.5, 0.6) is 0 Å². The molecule has 4 N–H and O–H groups in total. The van der Waals surface area contributed by atoms with Crippen molar-refractivity contribution in [2.24, 2.45) is 0 Å². The Hall–Kier alpha value is -3.93. The second-order valence-corrected chi connectivity index (χ2v) is 7.19. The summed E-state index contributed by atoms with van der Waals surface area (Å²) in [6.45, 7) is 0. The van der Waals surface area contributed by atoms with Gasteiger partial charge in [0.05, 0.1) is 17.4 Å². The largest absolute Gasteiger partial charge is 0.421 e. The maximum atomic E-state index is 13.7. The number of benzene rings is 2. The van der Waals surface area contributed by atoms with Crippen LogP contribution in [-0.2, 0) is 6.18 Å². The third-order valence-electron chi connectivity index (χ3n) is 4.57. The van der Waals surface area contributed by atoms with Gasteiger partial charge in [-0.05, 0) is 43.9 Å². The molecule has 0 saturated carbocycles. The summed E-state index contributed by atoms with van der Waals surface area (Å²) in [6, 6.07) is 8.02. The van der Waals surface area contributed by atoms with E-state index in [4.69, 9.17) is 0 Å². The number of urea groups is 1. The number of carbonyl (C=O) groups is 2. The summed E-state index contributed by atoms with van der Waals surface area (Å²) in [7, 11) is 3.52. The maximum Gasteiger partial charge on any atom is 0.421 e. The smallest absolute Gasteiger partial charge is 0.332 e. The number of hydrogen-bond donors (Lipinski definition) is 4. The molecule has 0 aliphatic rings. The fourth-order valence-corrected chi connectivity index (χ4v) is 3.04. The van der Waals surface area contributed by atoms with Crippen LogP contribution in [0.1, 0.15) is 27.7 Å². The summed E-state index contributed by atoms with van der Waals surface area (Å²) in [5.74, 6) is -1.84. The monoisotopic (exact) mass is 464 g/mol. The van der Waals surface area contributed by atoms with Crippen molar-refractivity contribution >= 4 is 23.3 Å². The minimum atomic E-state index is -4.97. The number of hydrogen-bond acceptors (Lipinski definition) is 4. The lowest BCUT2D eigenvalue weighted by atomic mass is 10.1. The number of carbonyl (C=O) groups excluding carboxylic acids is 2. The van der Waals surface area contributed by atoms with Crippen molar-refractivity contribution < 1.29 is 27.2 Å². The second kappa shape index (κ2) is 9.69. The molecule has 3 amide bonds. The van der Waals surface area contributed by atoms with Crippen molar-refractivity contribution in [2.75, 3.05) is 24.7 Å². The Bertz CT molecular complexity index is 1110. The van der Waals surface area contributed by atoms with Gasteiger partial charge in [0.2, 0.25) is 0 Å². The van der Waals surface area contributed by atoms with Crippen molar-refractivity contribution in [1.29, 1.82) is 0 Å². The van der Waals surface area contributed by atoms with E-state index in [1.807, 2.05) is 5.32 Å². The van der Waals surface area contributed by atoms with Crippen LogP contribution in [-0.4, -0.2) is 41.1 Å². The number of nitrogens with zero attached hydrogens (tertiary/aromatic N) is 2. The number of halogens is 4. The number of alkyl halides is 3. The summed E-state index contributed by atoms with van der Waals surface area (Å²) >= 11 is 0. The SMILES string of the molecule is CN(C)C(NC(=O)c1cn[nH]c1)c1ccc(NC(=O)Nc2cccc(F)c2C(F)(F)F)cc1. The number of nitrogens with one attached hydrogen (secondary N) is 4. The molecule has 3 aromatic rings. The zero-order valence-corrected chi connectivity index (χ0v) is 17.5. The van der Waals surface area contributed by atoms with Gasteiger partial charge in [0.25, 0.3) is 5.91 Å². The molecule has 1 atom stereocenters. The summed E-state index contributed by atoms with van der Waals surface area (Å²) in [5.41, 5.74) is -0.941. The Morgan fingerprint density at radius 1 is 1.06 bits per heavy atom. The number of rotatable bonds is 6. The van der Waals surface area contributed by atoms with Gasteiger partial charge in [-0.1, -0.05) is 18.2 Å². The lowest BCUT2D eigenvalue weighted by Gasteiger charge is -2.26. The van der Waals surface area contributed by atoms with E-state index < -0.39 is 35.4 Å². The van der Waals surface area contributed by atoms with E-state index in [2.05, 4.69) is 20.8 Å². The first-order valence-electron chi connectivity index (χ1n) is 9.56. The summed E-state index contributed by atoms with van der Waals surface area (Å²) in [4.78, 5) is 26.3. The van der Waals surface area contributed by atoms with Crippen LogP contribution in [0.2, 0.25) is 0 Å². The van der Waals surface area contributed by atoms with Crippen molar-refractivity contribution in [3.63, 3.8) is 0 Å². The first-order valence-corrected chi connectivity index (χ1v) is 9.56. The molecule has 0 spiro atoms. The standard InChI is InChI=1S/C21H20F4N6O2/c1-31(2)18(30-19(32)13-10-26-27-11-13)12-6-8-14(9-7-12)28-20(33)29-16-5-3-4-15(22)17(16)21(23,24)25/h3-11,18H,1-2H3,(H,26,27)(H,30,32)(H2,28,29,33). The second-order valence-electron chi connectivity index (χ2n) is 7.19. The van der Waals surface area contributed by atoms with E-state index in [1.54, 1.807) is 31.1 Å². The molecule has 0 radical (unpaired) electrons. The quantitative estimate of drug-likeness (QED) is 0.324. The predicted molar refractivity (Wildman–Crippen MR) is 113 cm³/mol. The number of amides is 3. The highest BCUT2D eigenvalue weighted by atomic mass is 19.4. The van der Waals surface area contributed by atoms with Crippen LogP contribution in [0.4, 0.5) is 33.7 Å². The highest BCUT2D eigenvalue weighted by Crippen LogP contribution is 2.36. The van der Waals surface area contributed by atoms with E-state index in [9.17, 15) is 27.2 Å². The average Bonchev–Trinajstić information content (AvgIpc) is 3.26. The number of aromatic amines is 1. The molecule has 0 bridgehead atoms. The minimum Gasteiger partial charge on any atom is -0.332 e. The van der Waals surface area contributed by atoms with Crippen molar-refractivity contribution in [3.8, 4) is 0 Å². The van der Waals surface area contributed by atoms with Gasteiger partial charge >= 0.3 is 12.2 Å². The van der Waals surface area contributed by atoms with Gasteiger partial charge in [0.1, 0.15) is 17.5 Å². The third kappa shape index (κ3) is 5.86. The van der Waals surface area contributed by atoms with E-state index in [-0.39, 0.29) is 11.6 Å². The van der Waals surface area contributed by atoms with Gasteiger partial charge in [-0.15, -0.1) is 0 Å². The summed E-state index contributed by atoms with van der Waals surface area (Å²) in [5, 5.41) is 13.5. The van der Waals surface area contributed by atoms with E-state index in [0.29, 0.717) is 17.2 Å². The normalized spacial score (nSPS) is 12.3. The zero-order valence-electron chi connectivity index (χ0n) is 17.5. The minimum absolute atomic E-state index is 0.278. The van der Waals surface area contributed by atoms with E-state index >= 15 is 0 Å². The molecule has 1 heterocycles. The van der Waals surface area contributed by atoms with Gasteiger partial charge in [-0.2, -0.15) is 18.3 Å².